The van der Waals surface area contributed by atoms with Crippen LogP contribution in [0.4, 0.5) is 5.95 Å². The van der Waals surface area contributed by atoms with Crippen LogP contribution in [0.25, 0.3) is 0 Å². The van der Waals surface area contributed by atoms with Crippen LogP contribution in [0.15, 0.2) is 22.7 Å². The van der Waals surface area contributed by atoms with E-state index < -0.39 is 0 Å². The van der Waals surface area contributed by atoms with E-state index in [1.165, 1.54) is 0 Å². The number of amides is 1. The first-order valence-corrected chi connectivity index (χ1v) is 5.82. The maximum atomic E-state index is 11.9. The van der Waals surface area contributed by atoms with Gasteiger partial charge < -0.3 is 0 Å². The van der Waals surface area contributed by atoms with E-state index in [0.717, 1.165) is 10.0 Å². The molecule has 6 heteroatoms. The van der Waals surface area contributed by atoms with E-state index >= 15 is 0 Å². The summed E-state index contributed by atoms with van der Waals surface area (Å²) in [4.78, 5) is 16.0. The Kier molecular flexibility index (Phi) is 3.23. The summed E-state index contributed by atoms with van der Waals surface area (Å²) in [5, 5.41) is 9.15. The van der Waals surface area contributed by atoms with Gasteiger partial charge in [-0.2, -0.15) is 4.98 Å². The zero-order valence-corrected chi connectivity index (χ0v) is 11.0. The molecule has 0 saturated heterocycles. The number of nitrogens with zero attached hydrogens (tertiary/aromatic N) is 2. The number of H-pyrrole nitrogens is 1. The molecule has 5 nitrogen and oxygen atoms in total. The number of hydrogen-bond donors (Lipinski definition) is 2. The molecule has 2 aromatic rings. The van der Waals surface area contributed by atoms with Gasteiger partial charge in [-0.05, 0) is 37.6 Å². The number of aromatic amines is 1. The third-order valence-electron chi connectivity index (χ3n) is 2.26. The maximum absolute atomic E-state index is 11.9. The standard InChI is InChI=1S/C11H11BrN4O/c1-6-5-8(12)3-4-9(6)10(17)14-11-13-7(2)15-16-11/h3-5H,1-2H3,(H2,13,14,15,16,17). The summed E-state index contributed by atoms with van der Waals surface area (Å²) in [6, 6.07) is 5.47. The Labute approximate surface area is 107 Å². The van der Waals surface area contributed by atoms with Crippen molar-refractivity contribution in [3.8, 4) is 0 Å². The molecular formula is C11H11BrN4O. The molecule has 0 bridgehead atoms. The molecule has 0 atom stereocenters. The highest BCUT2D eigenvalue weighted by atomic mass is 79.9. The lowest BCUT2D eigenvalue weighted by Crippen LogP contribution is -2.14. The summed E-state index contributed by atoms with van der Waals surface area (Å²) in [6.07, 6.45) is 0. The Balaban J connectivity index is 2.20. The van der Waals surface area contributed by atoms with Crippen molar-refractivity contribution in [1.29, 1.82) is 0 Å². The summed E-state index contributed by atoms with van der Waals surface area (Å²) in [6.45, 7) is 3.65. The van der Waals surface area contributed by atoms with E-state index in [-0.39, 0.29) is 11.9 Å². The van der Waals surface area contributed by atoms with Gasteiger partial charge in [0.1, 0.15) is 5.82 Å². The normalized spacial score (nSPS) is 10.3. The molecule has 88 valence electrons. The number of aromatic nitrogens is 3. The van der Waals surface area contributed by atoms with Gasteiger partial charge in [0.05, 0.1) is 0 Å². The van der Waals surface area contributed by atoms with Crippen LogP contribution in [0.1, 0.15) is 21.7 Å². The predicted octanol–water partition coefficient (Wildman–Crippen LogP) is 2.44. The topological polar surface area (TPSA) is 70.7 Å². The van der Waals surface area contributed by atoms with Crippen LogP contribution in [0.2, 0.25) is 0 Å². The summed E-state index contributed by atoms with van der Waals surface area (Å²) < 4.78 is 0.945. The lowest BCUT2D eigenvalue weighted by molar-refractivity contribution is 0.102. The second-order valence-corrected chi connectivity index (χ2v) is 4.57. The highest BCUT2D eigenvalue weighted by Crippen LogP contribution is 2.16. The lowest BCUT2D eigenvalue weighted by Gasteiger charge is -2.05. The average Bonchev–Trinajstić information content (AvgIpc) is 2.63. The zero-order valence-electron chi connectivity index (χ0n) is 9.41. The van der Waals surface area contributed by atoms with E-state index in [4.69, 9.17) is 0 Å². The molecule has 2 rings (SSSR count). The van der Waals surface area contributed by atoms with Crippen LogP contribution in [0, 0.1) is 13.8 Å². The number of benzene rings is 1. The molecule has 17 heavy (non-hydrogen) atoms. The molecule has 1 heterocycles. The Bertz CT molecular complexity index is 564. The number of rotatable bonds is 2. The Morgan fingerprint density at radius 3 is 2.76 bits per heavy atom. The second-order valence-electron chi connectivity index (χ2n) is 3.66. The number of anilines is 1. The highest BCUT2D eigenvalue weighted by molar-refractivity contribution is 9.10. The maximum Gasteiger partial charge on any atom is 0.258 e. The van der Waals surface area contributed by atoms with Gasteiger partial charge in [0.15, 0.2) is 0 Å². The van der Waals surface area contributed by atoms with E-state index in [1.807, 2.05) is 19.1 Å². The summed E-state index contributed by atoms with van der Waals surface area (Å²) >= 11 is 3.35. The molecule has 2 N–H and O–H groups in total. The van der Waals surface area contributed by atoms with Gasteiger partial charge in [0, 0.05) is 10.0 Å². The van der Waals surface area contributed by atoms with Crippen molar-refractivity contribution in [2.75, 3.05) is 5.32 Å². The quantitative estimate of drug-likeness (QED) is 0.894. The Morgan fingerprint density at radius 2 is 2.18 bits per heavy atom. The monoisotopic (exact) mass is 294 g/mol. The van der Waals surface area contributed by atoms with E-state index in [1.54, 1.807) is 13.0 Å². The molecule has 0 aliphatic rings. The molecule has 0 unspecified atom stereocenters. The van der Waals surface area contributed by atoms with Gasteiger partial charge in [-0.3, -0.25) is 15.2 Å². The first-order chi connectivity index (χ1) is 8.06. The van der Waals surface area contributed by atoms with Crippen LogP contribution >= 0.6 is 15.9 Å². The molecule has 1 aromatic carbocycles. The van der Waals surface area contributed by atoms with Crippen molar-refractivity contribution in [3.63, 3.8) is 0 Å². The molecule has 1 aromatic heterocycles. The SMILES string of the molecule is Cc1nc(NC(=O)c2ccc(Br)cc2C)n[nH]1. The number of halogens is 1. The highest BCUT2D eigenvalue weighted by Gasteiger charge is 2.11. The van der Waals surface area contributed by atoms with Gasteiger partial charge in [-0.25, -0.2) is 0 Å². The number of aryl methyl sites for hydroxylation is 2. The van der Waals surface area contributed by atoms with Crippen LogP contribution in [-0.4, -0.2) is 21.1 Å². The fraction of sp³-hybridized carbons (Fsp3) is 0.182. The number of hydrogen-bond acceptors (Lipinski definition) is 3. The molecule has 0 saturated carbocycles. The first kappa shape index (κ1) is 11.8. The van der Waals surface area contributed by atoms with Crippen molar-refractivity contribution in [1.82, 2.24) is 15.2 Å². The second kappa shape index (κ2) is 4.67. The molecule has 0 aliphatic carbocycles. The third kappa shape index (κ3) is 2.71. The van der Waals surface area contributed by atoms with Gasteiger partial charge in [-0.1, -0.05) is 15.9 Å². The minimum absolute atomic E-state index is 0.214. The molecule has 1 amide bonds. The molecule has 0 aliphatic heterocycles. The van der Waals surface area contributed by atoms with Crippen LogP contribution in [0.5, 0.6) is 0 Å². The van der Waals surface area contributed by atoms with E-state index in [0.29, 0.717) is 11.4 Å². The molecular weight excluding hydrogens is 284 g/mol. The van der Waals surface area contributed by atoms with Crippen molar-refractivity contribution >= 4 is 27.8 Å². The summed E-state index contributed by atoms with van der Waals surface area (Å²) in [5.74, 6) is 0.733. The summed E-state index contributed by atoms with van der Waals surface area (Å²) in [5.41, 5.74) is 1.50. The largest absolute Gasteiger partial charge is 0.289 e. The molecule has 0 fully saturated rings. The van der Waals surface area contributed by atoms with Crippen molar-refractivity contribution in [3.05, 3.63) is 39.6 Å². The first-order valence-electron chi connectivity index (χ1n) is 5.03. The van der Waals surface area contributed by atoms with Gasteiger partial charge in [0.25, 0.3) is 5.91 Å². The fourth-order valence-electron chi connectivity index (χ4n) is 1.45. The van der Waals surface area contributed by atoms with Crippen molar-refractivity contribution in [2.24, 2.45) is 0 Å². The number of nitrogens with one attached hydrogen (secondary N) is 2. The minimum Gasteiger partial charge on any atom is -0.289 e. The fourth-order valence-corrected chi connectivity index (χ4v) is 1.92. The third-order valence-corrected chi connectivity index (χ3v) is 2.75. The van der Waals surface area contributed by atoms with Gasteiger partial charge >= 0.3 is 0 Å². The number of carbonyl (C=O) groups is 1. The smallest absolute Gasteiger partial charge is 0.258 e. The van der Waals surface area contributed by atoms with Gasteiger partial charge in [0.2, 0.25) is 5.95 Å². The molecule has 0 spiro atoms. The minimum atomic E-state index is -0.214. The van der Waals surface area contributed by atoms with Crippen LogP contribution in [0.3, 0.4) is 0 Å². The Hall–Kier alpha value is -1.69. The number of carbonyl (C=O) groups excluding carboxylic acids is 1. The van der Waals surface area contributed by atoms with E-state index in [9.17, 15) is 4.79 Å². The van der Waals surface area contributed by atoms with E-state index in [2.05, 4.69) is 36.4 Å². The lowest BCUT2D eigenvalue weighted by atomic mass is 10.1. The van der Waals surface area contributed by atoms with Gasteiger partial charge in [-0.15, -0.1) is 5.10 Å². The predicted molar refractivity (Wildman–Crippen MR) is 68.0 cm³/mol. The van der Waals surface area contributed by atoms with Crippen LogP contribution < -0.4 is 5.32 Å². The molecule has 0 radical (unpaired) electrons. The van der Waals surface area contributed by atoms with Crippen molar-refractivity contribution in [2.45, 2.75) is 13.8 Å². The van der Waals surface area contributed by atoms with Crippen molar-refractivity contribution < 1.29 is 4.79 Å². The zero-order chi connectivity index (χ0) is 12.4. The average molecular weight is 295 g/mol. The van der Waals surface area contributed by atoms with Crippen LogP contribution in [-0.2, 0) is 0 Å². The Morgan fingerprint density at radius 1 is 1.41 bits per heavy atom. The summed E-state index contributed by atoms with van der Waals surface area (Å²) in [7, 11) is 0.